The molecule has 0 aromatic carbocycles. The van der Waals surface area contributed by atoms with Gasteiger partial charge >= 0.3 is 6.03 Å². The Morgan fingerprint density at radius 1 is 1.27 bits per heavy atom. The minimum Gasteiger partial charge on any atom is -0.367 e. The van der Waals surface area contributed by atoms with Gasteiger partial charge in [-0.25, -0.2) is 9.78 Å². The van der Waals surface area contributed by atoms with Crippen molar-refractivity contribution in [1.82, 2.24) is 35.4 Å². The van der Waals surface area contributed by atoms with E-state index in [4.69, 9.17) is 4.98 Å². The lowest BCUT2D eigenvalue weighted by Gasteiger charge is -2.19. The number of nitrogens with one attached hydrogen (secondary N) is 4. The number of allylic oxidation sites excluding steroid dienone is 1. The maximum absolute atomic E-state index is 12.8. The maximum atomic E-state index is 12.8. The summed E-state index contributed by atoms with van der Waals surface area (Å²) in [6.45, 7) is 1.81. The number of likely N-dealkylation sites (tertiary alicyclic amines) is 1. The highest BCUT2D eigenvalue weighted by molar-refractivity contribution is 8.04. The van der Waals surface area contributed by atoms with Gasteiger partial charge in [0.15, 0.2) is 5.65 Å². The molecule has 1 aliphatic carbocycles. The Bertz CT molecular complexity index is 1330. The predicted molar refractivity (Wildman–Crippen MR) is 141 cm³/mol. The monoisotopic (exact) mass is 522 g/mol. The fraction of sp³-hybridized carbons (Fsp3) is 0.480. The van der Waals surface area contributed by atoms with Crippen LogP contribution >= 0.6 is 11.8 Å². The quantitative estimate of drug-likeness (QED) is 0.306. The highest BCUT2D eigenvalue weighted by Crippen LogP contribution is 2.44. The zero-order valence-corrected chi connectivity index (χ0v) is 21.4. The fourth-order valence-corrected chi connectivity index (χ4v) is 6.13. The van der Waals surface area contributed by atoms with Crippen LogP contribution in [0, 0.1) is 0 Å². The number of aromatic nitrogens is 3. The van der Waals surface area contributed by atoms with Crippen LogP contribution in [0.15, 0.2) is 28.9 Å². The summed E-state index contributed by atoms with van der Waals surface area (Å²) in [7, 11) is 2.15. The molecule has 3 fully saturated rings. The Balaban J connectivity index is 1.19. The van der Waals surface area contributed by atoms with Crippen molar-refractivity contribution in [3.63, 3.8) is 0 Å². The third-order valence-corrected chi connectivity index (χ3v) is 8.57. The second-order valence-corrected chi connectivity index (χ2v) is 11.3. The average molecular weight is 523 g/mol. The van der Waals surface area contributed by atoms with Crippen LogP contribution in [0.5, 0.6) is 0 Å². The zero-order valence-electron chi connectivity index (χ0n) is 20.6. The van der Waals surface area contributed by atoms with E-state index in [1.165, 1.54) is 24.6 Å². The molecule has 4 aliphatic rings. The van der Waals surface area contributed by atoms with Gasteiger partial charge in [-0.2, -0.15) is 9.61 Å². The van der Waals surface area contributed by atoms with E-state index in [9.17, 15) is 14.4 Å². The Hall–Kier alpha value is -3.38. The Labute approximate surface area is 218 Å². The summed E-state index contributed by atoms with van der Waals surface area (Å²) < 4.78 is 1.73. The van der Waals surface area contributed by atoms with Crippen molar-refractivity contribution in [3.05, 3.63) is 40.2 Å². The van der Waals surface area contributed by atoms with E-state index < -0.39 is 11.9 Å². The number of carbonyl (C=O) groups is 3. The van der Waals surface area contributed by atoms with Crippen molar-refractivity contribution in [2.45, 2.75) is 55.9 Å². The van der Waals surface area contributed by atoms with E-state index in [1.54, 1.807) is 16.8 Å². The topological polar surface area (TPSA) is 133 Å². The average Bonchev–Trinajstić information content (AvgIpc) is 3.22. The molecule has 2 aromatic rings. The number of urea groups is 1. The molecule has 194 valence electrons. The first kappa shape index (κ1) is 24.0. The number of thioether (sulfide) groups is 1. The van der Waals surface area contributed by atoms with Gasteiger partial charge in [-0.3, -0.25) is 14.9 Å². The Kier molecular flexibility index (Phi) is 6.37. The highest BCUT2D eigenvalue weighted by atomic mass is 32.2. The van der Waals surface area contributed by atoms with E-state index in [-0.39, 0.29) is 16.9 Å². The maximum Gasteiger partial charge on any atom is 0.326 e. The van der Waals surface area contributed by atoms with E-state index >= 15 is 0 Å². The van der Waals surface area contributed by atoms with Crippen molar-refractivity contribution in [2.24, 2.45) is 0 Å². The van der Waals surface area contributed by atoms with Gasteiger partial charge in [0.1, 0.15) is 11.5 Å². The summed E-state index contributed by atoms with van der Waals surface area (Å²) in [5.41, 5.74) is 2.20. The van der Waals surface area contributed by atoms with Crippen LogP contribution in [0.4, 0.5) is 10.6 Å². The molecule has 4 N–H and O–H groups in total. The van der Waals surface area contributed by atoms with Gasteiger partial charge in [0.25, 0.3) is 11.8 Å². The number of anilines is 1. The molecule has 5 heterocycles. The molecule has 0 radical (unpaired) electrons. The third kappa shape index (κ3) is 5.08. The number of hydrogen-bond donors (Lipinski definition) is 4. The molecule has 0 bridgehead atoms. The van der Waals surface area contributed by atoms with Gasteiger partial charge in [0, 0.05) is 30.3 Å². The summed E-state index contributed by atoms with van der Waals surface area (Å²) in [5, 5.41) is 15.8. The molecule has 2 saturated heterocycles. The predicted octanol–water partition coefficient (Wildman–Crippen LogP) is 2.15. The molecular formula is C25H30N8O3S. The van der Waals surface area contributed by atoms with E-state index in [1.807, 2.05) is 12.1 Å². The molecule has 2 unspecified atom stereocenters. The highest BCUT2D eigenvalue weighted by Gasteiger charge is 2.29. The number of imide groups is 1. The number of fused-ring (bicyclic) bond motifs is 1. The van der Waals surface area contributed by atoms with Crippen LogP contribution in [0.1, 0.15) is 55.0 Å². The first-order valence-electron chi connectivity index (χ1n) is 12.8. The van der Waals surface area contributed by atoms with Crippen LogP contribution in [0.3, 0.4) is 0 Å². The Morgan fingerprint density at radius 2 is 2.14 bits per heavy atom. The lowest BCUT2D eigenvalue weighted by Crippen LogP contribution is -2.31. The molecule has 3 aliphatic heterocycles. The third-order valence-electron chi connectivity index (χ3n) is 7.24. The number of nitrogens with zero attached hydrogens (tertiary/aromatic N) is 4. The summed E-state index contributed by atoms with van der Waals surface area (Å²) >= 11 is 1.53. The van der Waals surface area contributed by atoms with Gasteiger partial charge in [-0.15, -0.1) is 11.8 Å². The SMILES string of the molecule is CN1CCCC1CCNC(=O)C1=CCC(c2cc(NC3CC3)n3ncc(/C=C4\NC(=O)NC4=O)c3n2)S1. The summed E-state index contributed by atoms with van der Waals surface area (Å²) in [4.78, 5) is 44.4. The minimum absolute atomic E-state index is 0.00338. The summed E-state index contributed by atoms with van der Waals surface area (Å²) in [6, 6.07) is 2.41. The van der Waals surface area contributed by atoms with Gasteiger partial charge in [-0.1, -0.05) is 6.08 Å². The molecule has 11 nitrogen and oxygen atoms in total. The van der Waals surface area contributed by atoms with Crippen LogP contribution in [-0.4, -0.2) is 69.6 Å². The van der Waals surface area contributed by atoms with Gasteiger partial charge in [0.05, 0.1) is 22.0 Å². The van der Waals surface area contributed by atoms with Gasteiger partial charge in [0.2, 0.25) is 0 Å². The number of hydrogen-bond acceptors (Lipinski definition) is 8. The van der Waals surface area contributed by atoms with Gasteiger partial charge < -0.3 is 20.9 Å². The molecule has 6 rings (SSSR count). The Morgan fingerprint density at radius 3 is 2.86 bits per heavy atom. The van der Waals surface area contributed by atoms with E-state index in [2.05, 4.69) is 38.3 Å². The van der Waals surface area contributed by atoms with E-state index in [0.29, 0.717) is 36.3 Å². The molecule has 0 spiro atoms. The molecule has 1 saturated carbocycles. The number of rotatable bonds is 8. The fourth-order valence-electron chi connectivity index (χ4n) is 5.02. The van der Waals surface area contributed by atoms with Crippen molar-refractivity contribution >= 4 is 47.1 Å². The van der Waals surface area contributed by atoms with Crippen molar-refractivity contribution in [1.29, 1.82) is 0 Å². The second-order valence-electron chi connectivity index (χ2n) is 10.0. The summed E-state index contributed by atoms with van der Waals surface area (Å²) in [6.07, 6.45) is 11.5. The molecule has 2 atom stereocenters. The van der Waals surface area contributed by atoms with Crippen LogP contribution < -0.4 is 21.3 Å². The summed E-state index contributed by atoms with van der Waals surface area (Å²) in [5.74, 6) is 0.317. The van der Waals surface area contributed by atoms with Crippen molar-refractivity contribution in [2.75, 3.05) is 25.5 Å². The van der Waals surface area contributed by atoms with Crippen LogP contribution in [-0.2, 0) is 9.59 Å². The van der Waals surface area contributed by atoms with Crippen molar-refractivity contribution in [3.8, 4) is 0 Å². The molecule has 2 aromatic heterocycles. The number of amides is 4. The molecule has 4 amide bonds. The van der Waals surface area contributed by atoms with E-state index in [0.717, 1.165) is 42.2 Å². The van der Waals surface area contributed by atoms with Crippen LogP contribution in [0.2, 0.25) is 0 Å². The zero-order chi connectivity index (χ0) is 25.5. The van der Waals surface area contributed by atoms with Crippen molar-refractivity contribution < 1.29 is 14.4 Å². The number of carbonyl (C=O) groups excluding carboxylic acids is 3. The minimum atomic E-state index is -0.549. The largest absolute Gasteiger partial charge is 0.367 e. The van der Waals surface area contributed by atoms with Gasteiger partial charge in [-0.05, 0) is 58.2 Å². The molecule has 37 heavy (non-hydrogen) atoms. The normalized spacial score (nSPS) is 25.0. The molecular weight excluding hydrogens is 492 g/mol. The standard InChI is InChI=1S/C25H30N8O3S/c1-32-10-2-3-16(32)8-9-26-24(35)20-7-6-19(37-20)17-12-21(28-15-4-5-15)33-22(29-17)14(13-27-33)11-18-23(34)31-25(36)30-18/h7,11-13,15-16,19,28H,2-6,8-10H2,1H3,(H,26,35)(H2,30,31,34,36)/b18-11-. The first-order valence-corrected chi connectivity index (χ1v) is 13.7. The molecule has 12 heteroatoms. The smallest absolute Gasteiger partial charge is 0.326 e. The second kappa shape index (κ2) is 9.82. The lowest BCUT2D eigenvalue weighted by atomic mass is 10.1. The lowest BCUT2D eigenvalue weighted by molar-refractivity contribution is -0.117. The first-order chi connectivity index (χ1) is 17.9. The van der Waals surface area contributed by atoms with Crippen LogP contribution in [0.25, 0.3) is 11.7 Å².